The lowest BCUT2D eigenvalue weighted by Gasteiger charge is -2.18. The summed E-state index contributed by atoms with van der Waals surface area (Å²) < 4.78 is 17.0. The molecule has 0 aliphatic heterocycles. The SMILES string of the molecule is CC/C=C\C/C=C\C/C=C\C/C=C\C/C=C\CCCCCCCCCCCC(=O)OCC(COC(=O)CCCCCCC/C=C\CCCCCC)OC(=O)CCCCCCCCCCCCC/C=C\CCCCCCCCCC. The van der Waals surface area contributed by atoms with E-state index in [0.29, 0.717) is 19.3 Å². The molecule has 6 heteroatoms. The minimum atomic E-state index is -0.784. The van der Waals surface area contributed by atoms with Crippen molar-refractivity contribution < 1.29 is 28.6 Å². The van der Waals surface area contributed by atoms with Crippen LogP contribution in [-0.4, -0.2) is 37.2 Å². The van der Waals surface area contributed by atoms with Crippen LogP contribution < -0.4 is 0 Å². The van der Waals surface area contributed by atoms with Crippen molar-refractivity contribution >= 4 is 17.9 Å². The summed E-state index contributed by atoms with van der Waals surface area (Å²) in [5, 5.41) is 0. The van der Waals surface area contributed by atoms with E-state index in [1.54, 1.807) is 0 Å². The van der Waals surface area contributed by atoms with Gasteiger partial charge >= 0.3 is 17.9 Å². The van der Waals surface area contributed by atoms with E-state index in [-0.39, 0.29) is 31.1 Å². The fraction of sp³-hybridized carbons (Fsp3) is 0.767. The van der Waals surface area contributed by atoms with E-state index >= 15 is 0 Å². The molecule has 0 amide bonds. The Labute approximate surface area is 490 Å². The molecule has 79 heavy (non-hydrogen) atoms. The number of carbonyl (C=O) groups is 3. The van der Waals surface area contributed by atoms with Gasteiger partial charge in [-0.05, 0) is 116 Å². The minimum absolute atomic E-state index is 0.0808. The molecule has 0 saturated carbocycles. The van der Waals surface area contributed by atoms with Crippen LogP contribution in [0.1, 0.15) is 342 Å². The fourth-order valence-corrected chi connectivity index (χ4v) is 9.76. The van der Waals surface area contributed by atoms with Crippen molar-refractivity contribution in [3.8, 4) is 0 Å². The molecule has 1 unspecified atom stereocenters. The number of rotatable bonds is 62. The Bertz CT molecular complexity index is 1500. The van der Waals surface area contributed by atoms with Gasteiger partial charge in [-0.1, -0.05) is 292 Å². The summed E-state index contributed by atoms with van der Waals surface area (Å²) in [5.74, 6) is -0.880. The minimum Gasteiger partial charge on any atom is -0.462 e. The number of allylic oxidation sites excluding steroid dienone is 14. The van der Waals surface area contributed by atoms with E-state index in [0.717, 1.165) is 103 Å². The standard InChI is InChI=1S/C73H128O6/c1-4-7-10-13-16-19-22-25-27-29-31-33-35-36-38-39-41-43-45-48-51-54-57-60-63-66-72(75)78-69-70(68-77-71(74)65-62-59-56-53-50-47-24-21-18-15-12-9-6-3)79-73(76)67-64-61-58-55-52-49-46-44-42-40-37-34-32-30-28-26-23-20-17-14-11-8-5-2/h7,10,16,19,21,24-25,27,30-33,36,38,70H,4-6,8-9,11-15,17-18,20,22-23,26,28-29,34-35,37,39-69H2,1-3H3/b10-7-,19-16-,24-21-,27-25-,32-30-,33-31-,38-36-. The fourth-order valence-electron chi connectivity index (χ4n) is 9.76. The predicted octanol–water partition coefficient (Wildman–Crippen LogP) is 23.4. The first-order chi connectivity index (χ1) is 39.0. The van der Waals surface area contributed by atoms with Gasteiger partial charge in [0.2, 0.25) is 0 Å². The van der Waals surface area contributed by atoms with Crippen molar-refractivity contribution in [3.63, 3.8) is 0 Å². The van der Waals surface area contributed by atoms with Crippen LogP contribution >= 0.6 is 0 Å². The maximum absolute atomic E-state index is 12.9. The van der Waals surface area contributed by atoms with Crippen molar-refractivity contribution in [2.45, 2.75) is 348 Å². The lowest BCUT2D eigenvalue weighted by atomic mass is 10.0. The molecule has 0 heterocycles. The van der Waals surface area contributed by atoms with Crippen molar-refractivity contribution in [1.82, 2.24) is 0 Å². The highest BCUT2D eigenvalue weighted by Crippen LogP contribution is 2.17. The second-order valence-electron chi connectivity index (χ2n) is 22.7. The topological polar surface area (TPSA) is 78.9 Å². The molecule has 0 fully saturated rings. The van der Waals surface area contributed by atoms with Gasteiger partial charge in [-0.25, -0.2) is 0 Å². The van der Waals surface area contributed by atoms with E-state index in [2.05, 4.69) is 106 Å². The monoisotopic (exact) mass is 1100 g/mol. The van der Waals surface area contributed by atoms with E-state index in [4.69, 9.17) is 14.2 Å². The quantitative estimate of drug-likeness (QED) is 0.0261. The van der Waals surface area contributed by atoms with E-state index in [9.17, 15) is 14.4 Å². The molecule has 0 N–H and O–H groups in total. The first kappa shape index (κ1) is 75.6. The Morgan fingerprint density at radius 3 is 0.797 bits per heavy atom. The van der Waals surface area contributed by atoms with E-state index in [1.807, 2.05) is 0 Å². The molecule has 0 bridgehead atoms. The molecule has 0 aliphatic carbocycles. The van der Waals surface area contributed by atoms with Gasteiger partial charge in [-0.3, -0.25) is 14.4 Å². The number of ether oxygens (including phenoxy) is 3. The Kier molecular flexibility index (Phi) is 64.2. The maximum atomic E-state index is 12.9. The largest absolute Gasteiger partial charge is 0.462 e. The highest BCUT2D eigenvalue weighted by Gasteiger charge is 2.19. The Hall–Kier alpha value is -3.41. The van der Waals surface area contributed by atoms with Crippen molar-refractivity contribution in [1.29, 1.82) is 0 Å². The molecule has 0 spiro atoms. The average Bonchev–Trinajstić information content (AvgIpc) is 3.45. The Morgan fingerprint density at radius 1 is 0.266 bits per heavy atom. The number of unbranched alkanes of at least 4 members (excludes halogenated alkanes) is 37. The van der Waals surface area contributed by atoms with Gasteiger partial charge in [0.1, 0.15) is 13.2 Å². The number of hydrogen-bond donors (Lipinski definition) is 0. The zero-order chi connectivity index (χ0) is 57.1. The van der Waals surface area contributed by atoms with Crippen LogP contribution in [0.2, 0.25) is 0 Å². The van der Waals surface area contributed by atoms with Gasteiger partial charge in [0, 0.05) is 19.3 Å². The molecule has 6 nitrogen and oxygen atoms in total. The van der Waals surface area contributed by atoms with Crippen molar-refractivity contribution in [3.05, 3.63) is 85.1 Å². The maximum Gasteiger partial charge on any atom is 0.306 e. The number of hydrogen-bond acceptors (Lipinski definition) is 6. The van der Waals surface area contributed by atoms with Crippen molar-refractivity contribution in [2.75, 3.05) is 13.2 Å². The van der Waals surface area contributed by atoms with Crippen LogP contribution in [0.4, 0.5) is 0 Å². The normalized spacial score (nSPS) is 12.6. The van der Waals surface area contributed by atoms with Crippen LogP contribution in [0, 0.1) is 0 Å². The first-order valence-corrected chi connectivity index (χ1v) is 34.1. The smallest absolute Gasteiger partial charge is 0.306 e. The van der Waals surface area contributed by atoms with Crippen molar-refractivity contribution in [2.24, 2.45) is 0 Å². The van der Waals surface area contributed by atoms with Gasteiger partial charge in [-0.2, -0.15) is 0 Å². The second kappa shape index (κ2) is 67.1. The number of esters is 3. The molecule has 1 atom stereocenters. The third-order valence-electron chi connectivity index (χ3n) is 14.9. The zero-order valence-electron chi connectivity index (χ0n) is 52.4. The van der Waals surface area contributed by atoms with Crippen LogP contribution in [0.5, 0.6) is 0 Å². The molecule has 0 saturated heterocycles. The predicted molar refractivity (Wildman–Crippen MR) is 344 cm³/mol. The zero-order valence-corrected chi connectivity index (χ0v) is 52.4. The third kappa shape index (κ3) is 65.3. The summed E-state index contributed by atoms with van der Waals surface area (Å²) >= 11 is 0. The van der Waals surface area contributed by atoms with Gasteiger partial charge in [0.25, 0.3) is 0 Å². The average molecular weight is 1100 g/mol. The molecular formula is C73H128O6. The van der Waals surface area contributed by atoms with Gasteiger partial charge in [-0.15, -0.1) is 0 Å². The Morgan fingerprint density at radius 2 is 0.494 bits per heavy atom. The lowest BCUT2D eigenvalue weighted by molar-refractivity contribution is -0.167. The Balaban J connectivity index is 4.31. The molecule has 456 valence electrons. The molecule has 0 aromatic carbocycles. The summed E-state index contributed by atoms with van der Waals surface area (Å²) in [4.78, 5) is 38.4. The number of carbonyl (C=O) groups excluding carboxylic acids is 3. The van der Waals surface area contributed by atoms with Gasteiger partial charge in [0.15, 0.2) is 6.10 Å². The summed E-state index contributed by atoms with van der Waals surface area (Å²) in [7, 11) is 0. The molecule has 0 aromatic rings. The highest BCUT2D eigenvalue weighted by atomic mass is 16.6. The van der Waals surface area contributed by atoms with Crippen LogP contribution in [-0.2, 0) is 28.6 Å². The highest BCUT2D eigenvalue weighted by molar-refractivity contribution is 5.71. The summed E-state index contributed by atoms with van der Waals surface area (Å²) in [5.41, 5.74) is 0. The molecule has 0 aliphatic rings. The third-order valence-corrected chi connectivity index (χ3v) is 14.9. The van der Waals surface area contributed by atoms with Gasteiger partial charge in [0.05, 0.1) is 0 Å². The van der Waals surface area contributed by atoms with Crippen LogP contribution in [0.15, 0.2) is 85.1 Å². The molecular weight excluding hydrogens is 973 g/mol. The van der Waals surface area contributed by atoms with Crippen LogP contribution in [0.25, 0.3) is 0 Å². The first-order valence-electron chi connectivity index (χ1n) is 34.1. The summed E-state index contributed by atoms with van der Waals surface area (Å²) in [6.45, 7) is 6.54. The van der Waals surface area contributed by atoms with Gasteiger partial charge < -0.3 is 14.2 Å². The van der Waals surface area contributed by atoms with E-state index < -0.39 is 6.10 Å². The van der Waals surface area contributed by atoms with E-state index in [1.165, 1.54) is 199 Å². The van der Waals surface area contributed by atoms with Crippen LogP contribution in [0.3, 0.4) is 0 Å². The molecule has 0 rings (SSSR count). The lowest BCUT2D eigenvalue weighted by Crippen LogP contribution is -2.30. The molecule has 0 radical (unpaired) electrons. The molecule has 0 aromatic heterocycles. The summed E-state index contributed by atoms with van der Waals surface area (Å²) in [6.07, 6.45) is 88.8. The second-order valence-corrected chi connectivity index (χ2v) is 22.7. The summed E-state index contributed by atoms with van der Waals surface area (Å²) in [6, 6.07) is 0.